The van der Waals surface area contributed by atoms with Gasteiger partial charge in [-0.25, -0.2) is 0 Å². The normalized spacial score (nSPS) is 12.3. The van der Waals surface area contributed by atoms with E-state index in [1.165, 1.54) is 18.2 Å². The average Bonchev–Trinajstić information content (AvgIpc) is 2.59. The summed E-state index contributed by atoms with van der Waals surface area (Å²) in [5, 5.41) is 21.5. The van der Waals surface area contributed by atoms with Gasteiger partial charge in [-0.3, -0.25) is 4.79 Å². The molecule has 0 spiro atoms. The third kappa shape index (κ3) is 4.47. The first-order chi connectivity index (χ1) is 11.5. The lowest BCUT2D eigenvalue weighted by molar-refractivity contribution is -0.117. The fourth-order valence-electron chi connectivity index (χ4n) is 2.34. The van der Waals surface area contributed by atoms with Crippen LogP contribution in [0.25, 0.3) is 6.08 Å². The fraction of sp³-hybridized carbons (Fsp3) is 0.200. The summed E-state index contributed by atoms with van der Waals surface area (Å²) in [6.07, 6.45) is 2.24. The Balaban J connectivity index is 2.17. The van der Waals surface area contributed by atoms with Gasteiger partial charge in [0.1, 0.15) is 17.4 Å². The standard InChI is InChI=1S/C20H20N2O2/c1-3-19(16-8-4-14(2)5-9-16)22-20(24)17(13-21)12-15-6-10-18(23)11-7-15/h4-12,19,23H,3H2,1-2H3,(H,22,24)/b17-12+. The lowest BCUT2D eigenvalue weighted by Gasteiger charge is -2.17. The second-order valence-corrected chi connectivity index (χ2v) is 5.61. The van der Waals surface area contributed by atoms with Gasteiger partial charge in [0.15, 0.2) is 0 Å². The van der Waals surface area contributed by atoms with Gasteiger partial charge in [0.2, 0.25) is 0 Å². The van der Waals surface area contributed by atoms with Gasteiger partial charge in [-0.05, 0) is 42.7 Å². The molecule has 0 aliphatic rings. The number of nitrogens with zero attached hydrogens (tertiary/aromatic N) is 1. The molecule has 1 unspecified atom stereocenters. The predicted molar refractivity (Wildman–Crippen MR) is 94.1 cm³/mol. The Labute approximate surface area is 142 Å². The molecule has 0 aromatic heterocycles. The SMILES string of the molecule is CCC(NC(=O)/C(C#N)=C/c1ccc(O)cc1)c1ccc(C)cc1. The minimum Gasteiger partial charge on any atom is -0.508 e. The van der Waals surface area contributed by atoms with E-state index in [2.05, 4.69) is 5.32 Å². The van der Waals surface area contributed by atoms with Gasteiger partial charge in [-0.1, -0.05) is 48.9 Å². The van der Waals surface area contributed by atoms with Crippen molar-refractivity contribution in [1.29, 1.82) is 5.26 Å². The Hall–Kier alpha value is -3.06. The second kappa shape index (κ2) is 7.98. The van der Waals surface area contributed by atoms with Crippen molar-refractivity contribution in [1.82, 2.24) is 5.32 Å². The summed E-state index contributed by atoms with van der Waals surface area (Å²) < 4.78 is 0. The summed E-state index contributed by atoms with van der Waals surface area (Å²) in [5.74, 6) is -0.265. The fourth-order valence-corrected chi connectivity index (χ4v) is 2.34. The molecule has 2 aromatic rings. The monoisotopic (exact) mass is 320 g/mol. The van der Waals surface area contributed by atoms with E-state index < -0.39 is 5.91 Å². The van der Waals surface area contributed by atoms with Gasteiger partial charge in [-0.2, -0.15) is 5.26 Å². The lowest BCUT2D eigenvalue weighted by atomic mass is 10.0. The van der Waals surface area contributed by atoms with Crippen molar-refractivity contribution in [2.75, 3.05) is 0 Å². The minimum absolute atomic E-state index is 0.0336. The molecule has 4 nitrogen and oxygen atoms in total. The molecular formula is C20H20N2O2. The smallest absolute Gasteiger partial charge is 0.262 e. The first-order valence-electron chi connectivity index (χ1n) is 7.81. The largest absolute Gasteiger partial charge is 0.508 e. The van der Waals surface area contributed by atoms with Crippen LogP contribution in [-0.4, -0.2) is 11.0 Å². The Kier molecular flexibility index (Phi) is 5.75. The molecule has 0 heterocycles. The van der Waals surface area contributed by atoms with Gasteiger partial charge in [0, 0.05) is 0 Å². The highest BCUT2D eigenvalue weighted by Crippen LogP contribution is 2.18. The molecule has 2 aromatic carbocycles. The van der Waals surface area contributed by atoms with Gasteiger partial charge in [-0.15, -0.1) is 0 Å². The Morgan fingerprint density at radius 3 is 2.38 bits per heavy atom. The molecule has 0 saturated carbocycles. The number of nitrogens with one attached hydrogen (secondary N) is 1. The van der Waals surface area contributed by atoms with Crippen molar-refractivity contribution in [2.45, 2.75) is 26.3 Å². The first-order valence-corrected chi connectivity index (χ1v) is 7.81. The molecule has 4 heteroatoms. The van der Waals surface area contributed by atoms with Crippen molar-refractivity contribution in [3.8, 4) is 11.8 Å². The van der Waals surface area contributed by atoms with E-state index >= 15 is 0 Å². The Bertz CT molecular complexity index is 769. The summed E-state index contributed by atoms with van der Waals surface area (Å²) in [6, 6.07) is 16.1. The van der Waals surface area contributed by atoms with Crippen molar-refractivity contribution in [2.24, 2.45) is 0 Å². The first kappa shape index (κ1) is 17.3. The highest BCUT2D eigenvalue weighted by atomic mass is 16.3. The second-order valence-electron chi connectivity index (χ2n) is 5.61. The molecular weight excluding hydrogens is 300 g/mol. The van der Waals surface area contributed by atoms with Crippen molar-refractivity contribution < 1.29 is 9.90 Å². The summed E-state index contributed by atoms with van der Waals surface area (Å²) in [4.78, 5) is 12.4. The number of aromatic hydroxyl groups is 1. The number of amides is 1. The zero-order valence-corrected chi connectivity index (χ0v) is 13.8. The molecule has 1 atom stereocenters. The molecule has 2 rings (SSSR count). The van der Waals surface area contributed by atoms with Crippen LogP contribution in [0.15, 0.2) is 54.1 Å². The van der Waals surface area contributed by atoms with E-state index in [9.17, 15) is 15.2 Å². The van der Waals surface area contributed by atoms with Crippen LogP contribution < -0.4 is 5.32 Å². The summed E-state index contributed by atoms with van der Waals surface area (Å²) >= 11 is 0. The van der Waals surface area contributed by atoms with E-state index in [4.69, 9.17) is 0 Å². The van der Waals surface area contributed by atoms with E-state index in [1.807, 2.05) is 44.2 Å². The molecule has 2 N–H and O–H groups in total. The maximum Gasteiger partial charge on any atom is 0.262 e. The van der Waals surface area contributed by atoms with E-state index in [1.54, 1.807) is 12.1 Å². The molecule has 0 aliphatic carbocycles. The summed E-state index contributed by atoms with van der Waals surface area (Å²) in [5.41, 5.74) is 2.89. The van der Waals surface area contributed by atoms with Gasteiger partial charge < -0.3 is 10.4 Å². The van der Waals surface area contributed by atoms with Crippen LogP contribution in [0.1, 0.15) is 36.1 Å². The van der Waals surface area contributed by atoms with Gasteiger partial charge in [0.05, 0.1) is 6.04 Å². The highest BCUT2D eigenvalue weighted by molar-refractivity contribution is 6.01. The maximum atomic E-state index is 12.4. The molecule has 0 fully saturated rings. The number of hydrogen-bond acceptors (Lipinski definition) is 3. The molecule has 0 radical (unpaired) electrons. The summed E-state index contributed by atoms with van der Waals surface area (Å²) in [7, 11) is 0. The number of phenols is 1. The van der Waals surface area contributed by atoms with Crippen molar-refractivity contribution in [3.63, 3.8) is 0 Å². The maximum absolute atomic E-state index is 12.4. The average molecular weight is 320 g/mol. The molecule has 0 aliphatic heterocycles. The Morgan fingerprint density at radius 2 is 1.83 bits per heavy atom. The van der Waals surface area contributed by atoms with E-state index in [0.29, 0.717) is 5.56 Å². The van der Waals surface area contributed by atoms with Crippen LogP contribution in [0, 0.1) is 18.3 Å². The number of aryl methyl sites for hydroxylation is 1. The molecule has 24 heavy (non-hydrogen) atoms. The number of nitriles is 1. The third-order valence-corrected chi connectivity index (χ3v) is 3.76. The lowest BCUT2D eigenvalue weighted by Crippen LogP contribution is -2.29. The minimum atomic E-state index is -0.405. The third-order valence-electron chi connectivity index (χ3n) is 3.76. The van der Waals surface area contributed by atoms with Crippen LogP contribution in [0.4, 0.5) is 0 Å². The van der Waals surface area contributed by atoms with Crippen molar-refractivity contribution in [3.05, 3.63) is 70.8 Å². The number of carbonyl (C=O) groups excluding carboxylic acids is 1. The number of carbonyl (C=O) groups is 1. The van der Waals surface area contributed by atoms with Crippen LogP contribution in [0.3, 0.4) is 0 Å². The van der Waals surface area contributed by atoms with Crippen molar-refractivity contribution >= 4 is 12.0 Å². The Morgan fingerprint density at radius 1 is 1.21 bits per heavy atom. The van der Waals surface area contributed by atoms with Crippen LogP contribution in [-0.2, 0) is 4.79 Å². The van der Waals surface area contributed by atoms with E-state index in [-0.39, 0.29) is 17.4 Å². The van der Waals surface area contributed by atoms with Gasteiger partial charge >= 0.3 is 0 Å². The quantitative estimate of drug-likeness (QED) is 0.648. The predicted octanol–water partition coefficient (Wildman–Crippen LogP) is 3.88. The molecule has 0 bridgehead atoms. The zero-order chi connectivity index (χ0) is 17.5. The molecule has 122 valence electrons. The topological polar surface area (TPSA) is 73.1 Å². The van der Waals surface area contributed by atoms with Crippen LogP contribution in [0.5, 0.6) is 5.75 Å². The van der Waals surface area contributed by atoms with Crippen LogP contribution in [0.2, 0.25) is 0 Å². The van der Waals surface area contributed by atoms with Gasteiger partial charge in [0.25, 0.3) is 5.91 Å². The number of phenolic OH excluding ortho intramolecular Hbond substituents is 1. The van der Waals surface area contributed by atoms with E-state index in [0.717, 1.165) is 17.5 Å². The van der Waals surface area contributed by atoms with Crippen LogP contribution >= 0.6 is 0 Å². The number of hydrogen-bond donors (Lipinski definition) is 2. The molecule has 0 saturated heterocycles. The number of benzene rings is 2. The highest BCUT2D eigenvalue weighted by Gasteiger charge is 2.16. The zero-order valence-electron chi connectivity index (χ0n) is 13.8. The summed E-state index contributed by atoms with van der Waals surface area (Å²) in [6.45, 7) is 4.00. The number of rotatable bonds is 5. The molecule has 1 amide bonds.